The van der Waals surface area contributed by atoms with Crippen LogP contribution < -0.4 is 0 Å². The number of halogens is 1. The average Bonchev–Trinajstić information content (AvgIpc) is 3.59. The molecule has 2 unspecified atom stereocenters. The molecular formula is C28H34ClN7S. The first-order valence-corrected chi connectivity index (χ1v) is 15.2. The smallest absolute Gasteiger partial charge is 0.242 e. The molecule has 5 aliphatic carbocycles. The summed E-state index contributed by atoms with van der Waals surface area (Å²) in [7, 11) is 0. The van der Waals surface area contributed by atoms with Gasteiger partial charge in [0.05, 0.1) is 10.9 Å². The zero-order chi connectivity index (χ0) is 25.2. The molecule has 4 fully saturated rings. The maximum atomic E-state index is 6.17. The van der Waals surface area contributed by atoms with E-state index in [1.165, 1.54) is 54.4 Å². The summed E-state index contributed by atoms with van der Waals surface area (Å²) in [5.74, 6) is 3.12. The Kier molecular flexibility index (Phi) is 4.66. The lowest BCUT2D eigenvalue weighted by molar-refractivity contribution is -0.0715. The van der Waals surface area contributed by atoms with Crippen molar-refractivity contribution in [2.75, 3.05) is 0 Å². The third-order valence-electron chi connectivity index (χ3n) is 10.9. The minimum absolute atomic E-state index is 0.00676. The predicted molar refractivity (Wildman–Crippen MR) is 145 cm³/mol. The topological polar surface area (TPSA) is 73.8 Å². The summed E-state index contributed by atoms with van der Waals surface area (Å²) in [4.78, 5) is 17.2. The first-order chi connectivity index (χ1) is 17.8. The Morgan fingerprint density at radius 2 is 1.92 bits per heavy atom. The summed E-state index contributed by atoms with van der Waals surface area (Å²) in [5.41, 5.74) is 2.85. The molecule has 9 rings (SSSR count). The molecule has 194 valence electrons. The van der Waals surface area contributed by atoms with E-state index >= 15 is 0 Å². The lowest BCUT2D eigenvalue weighted by atomic mass is 9.46. The highest BCUT2D eigenvalue weighted by atomic mass is 35.5. The second-order valence-corrected chi connectivity index (χ2v) is 14.8. The predicted octanol–water partition coefficient (Wildman–Crippen LogP) is 6.37. The van der Waals surface area contributed by atoms with Gasteiger partial charge in [0.2, 0.25) is 5.28 Å². The van der Waals surface area contributed by atoms with Crippen molar-refractivity contribution < 1.29 is 0 Å². The molecule has 5 aliphatic rings. The summed E-state index contributed by atoms with van der Waals surface area (Å²) in [6.07, 6.45) is 15.5. The van der Waals surface area contributed by atoms with Crippen molar-refractivity contribution in [2.24, 2.45) is 23.2 Å². The van der Waals surface area contributed by atoms with Crippen LogP contribution in [0.2, 0.25) is 5.28 Å². The molecule has 4 heterocycles. The summed E-state index contributed by atoms with van der Waals surface area (Å²) in [6, 6.07) is 0. The van der Waals surface area contributed by atoms with E-state index in [1.54, 1.807) is 0 Å². The van der Waals surface area contributed by atoms with Crippen LogP contribution in [0.25, 0.3) is 15.9 Å². The maximum absolute atomic E-state index is 6.17. The highest BCUT2D eigenvalue weighted by Crippen LogP contribution is 2.64. The van der Waals surface area contributed by atoms with Crippen LogP contribution in [0.1, 0.15) is 88.4 Å². The van der Waals surface area contributed by atoms with Gasteiger partial charge in [-0.1, -0.05) is 27.2 Å². The highest BCUT2D eigenvalue weighted by molar-refractivity contribution is 7.19. The van der Waals surface area contributed by atoms with Crippen molar-refractivity contribution in [3.8, 4) is 0 Å². The zero-order valence-electron chi connectivity index (χ0n) is 21.9. The van der Waals surface area contributed by atoms with Crippen LogP contribution in [0.15, 0.2) is 12.7 Å². The van der Waals surface area contributed by atoms with Crippen LogP contribution in [0, 0.1) is 23.2 Å². The van der Waals surface area contributed by atoms with Gasteiger partial charge in [0, 0.05) is 10.3 Å². The number of aryl methyl sites for hydroxylation is 1. The standard InChI is InChI=1S/C28H34ClN7S/c1-4-26(2,3)18-5-6-19-20(8-18)37-23-21(19)22-32-24(33-35(22)14-30-23)27-9-16-7-17(10-27)12-28(11-16,13-27)36-15-31-25(29)34-36/h14-18H,4-13H2,1-3H3/t16-,17+,18-,27?,28?/m1/s1. The fourth-order valence-electron chi connectivity index (χ4n) is 8.97. The molecule has 7 nitrogen and oxygen atoms in total. The van der Waals surface area contributed by atoms with Gasteiger partial charge < -0.3 is 0 Å². The molecule has 0 radical (unpaired) electrons. The number of aromatic nitrogens is 7. The Hall–Kier alpha value is -2.06. The maximum Gasteiger partial charge on any atom is 0.242 e. The minimum atomic E-state index is -0.0160. The Labute approximate surface area is 226 Å². The highest BCUT2D eigenvalue weighted by Gasteiger charge is 2.61. The normalized spacial score (nSPS) is 33.0. The number of nitrogens with zero attached hydrogens (tertiary/aromatic N) is 7. The van der Waals surface area contributed by atoms with E-state index in [0.29, 0.717) is 22.5 Å². The lowest BCUT2D eigenvalue weighted by Crippen LogP contribution is -2.58. The van der Waals surface area contributed by atoms with Crippen LogP contribution in [0.5, 0.6) is 0 Å². The third-order valence-corrected chi connectivity index (χ3v) is 12.2. The molecule has 0 N–H and O–H groups in total. The van der Waals surface area contributed by atoms with Crippen LogP contribution in [-0.4, -0.2) is 34.3 Å². The third kappa shape index (κ3) is 3.20. The zero-order valence-corrected chi connectivity index (χ0v) is 23.4. The minimum Gasteiger partial charge on any atom is -0.245 e. The van der Waals surface area contributed by atoms with E-state index in [4.69, 9.17) is 26.7 Å². The molecule has 9 heteroatoms. The molecule has 0 saturated heterocycles. The Balaban J connectivity index is 1.22. The van der Waals surface area contributed by atoms with Gasteiger partial charge in [-0.3, -0.25) is 0 Å². The molecular weight excluding hydrogens is 502 g/mol. The molecule has 37 heavy (non-hydrogen) atoms. The second kappa shape index (κ2) is 7.53. The summed E-state index contributed by atoms with van der Waals surface area (Å²) >= 11 is 8.06. The first-order valence-electron chi connectivity index (χ1n) is 14.0. The first kappa shape index (κ1) is 22.9. The number of hydrogen-bond acceptors (Lipinski definition) is 6. The van der Waals surface area contributed by atoms with E-state index in [0.717, 1.165) is 47.9 Å². The van der Waals surface area contributed by atoms with Gasteiger partial charge in [-0.25, -0.2) is 24.1 Å². The van der Waals surface area contributed by atoms with Gasteiger partial charge in [-0.15, -0.1) is 21.5 Å². The van der Waals surface area contributed by atoms with Gasteiger partial charge >= 0.3 is 0 Å². The van der Waals surface area contributed by atoms with Crippen LogP contribution in [0.4, 0.5) is 0 Å². The van der Waals surface area contributed by atoms with Crippen LogP contribution in [-0.2, 0) is 23.8 Å². The van der Waals surface area contributed by atoms with Crippen molar-refractivity contribution in [1.29, 1.82) is 0 Å². The van der Waals surface area contributed by atoms with E-state index in [-0.39, 0.29) is 11.0 Å². The molecule has 5 atom stereocenters. The van der Waals surface area contributed by atoms with E-state index < -0.39 is 0 Å². The summed E-state index contributed by atoms with van der Waals surface area (Å²) in [6.45, 7) is 7.20. The van der Waals surface area contributed by atoms with Crippen LogP contribution >= 0.6 is 22.9 Å². The molecule has 4 aromatic rings. The van der Waals surface area contributed by atoms with Gasteiger partial charge in [0.1, 0.15) is 17.5 Å². The Morgan fingerprint density at radius 1 is 1.11 bits per heavy atom. The van der Waals surface area contributed by atoms with Crippen LogP contribution in [0.3, 0.4) is 0 Å². The molecule has 0 amide bonds. The molecule has 0 aromatic carbocycles. The van der Waals surface area contributed by atoms with Crippen molar-refractivity contribution in [3.63, 3.8) is 0 Å². The number of thiophene rings is 1. The van der Waals surface area contributed by atoms with Crippen molar-refractivity contribution in [3.05, 3.63) is 34.2 Å². The fourth-order valence-corrected chi connectivity index (χ4v) is 10.4. The molecule has 4 aromatic heterocycles. The summed E-state index contributed by atoms with van der Waals surface area (Å²) in [5, 5.41) is 11.4. The van der Waals surface area contributed by atoms with Crippen molar-refractivity contribution in [1.82, 2.24) is 34.3 Å². The number of fused-ring (bicyclic) bond motifs is 5. The van der Waals surface area contributed by atoms with E-state index in [2.05, 4.69) is 35.5 Å². The SMILES string of the molecule is CCC(C)(C)[C@@H]1CCc2c(sc3ncn4nc(C56C[C@H]7C[C@@H](C5)CC(n5cnc(Cl)n5)(C7)C6)nc4c23)C1. The lowest BCUT2D eigenvalue weighted by Gasteiger charge is -2.60. The Morgan fingerprint density at radius 3 is 2.65 bits per heavy atom. The van der Waals surface area contributed by atoms with Gasteiger partial charge in [0.25, 0.3) is 0 Å². The number of hydrogen-bond donors (Lipinski definition) is 0. The summed E-state index contributed by atoms with van der Waals surface area (Å²) < 4.78 is 4.06. The van der Waals surface area contributed by atoms with Crippen molar-refractivity contribution >= 4 is 38.8 Å². The van der Waals surface area contributed by atoms with Gasteiger partial charge in [-0.05, 0) is 98.1 Å². The monoisotopic (exact) mass is 535 g/mol. The van der Waals surface area contributed by atoms with E-state index in [1.807, 2.05) is 28.5 Å². The molecule has 0 aliphatic heterocycles. The average molecular weight is 536 g/mol. The molecule has 4 bridgehead atoms. The quantitative estimate of drug-likeness (QED) is 0.303. The Bertz CT molecular complexity index is 1530. The van der Waals surface area contributed by atoms with Gasteiger partial charge in [0.15, 0.2) is 11.5 Å². The molecule has 4 saturated carbocycles. The largest absolute Gasteiger partial charge is 0.245 e. The van der Waals surface area contributed by atoms with Crippen molar-refractivity contribution in [2.45, 2.75) is 95.9 Å². The number of rotatable bonds is 4. The second-order valence-electron chi connectivity index (χ2n) is 13.3. The fraction of sp³-hybridized carbons (Fsp3) is 0.679. The van der Waals surface area contributed by atoms with E-state index in [9.17, 15) is 0 Å². The molecule has 0 spiro atoms. The van der Waals surface area contributed by atoms with Gasteiger partial charge in [-0.2, -0.15) is 0 Å².